The Balaban J connectivity index is 2.56. The van der Waals surface area contributed by atoms with Crippen molar-refractivity contribution in [1.82, 2.24) is 5.32 Å². The summed E-state index contributed by atoms with van der Waals surface area (Å²) in [6.07, 6.45) is 2.32. The average molecular weight is 283 g/mol. The summed E-state index contributed by atoms with van der Waals surface area (Å²) in [5.74, 6) is -0.0936. The van der Waals surface area contributed by atoms with E-state index in [1.165, 1.54) is 0 Å². The first-order valence-corrected chi connectivity index (χ1v) is 7.07. The molecule has 0 saturated heterocycles. The van der Waals surface area contributed by atoms with Gasteiger partial charge in [-0.25, -0.2) is 0 Å². The normalized spacial score (nSPS) is 15.6. The van der Waals surface area contributed by atoms with Gasteiger partial charge in [-0.05, 0) is 44.4 Å². The maximum absolute atomic E-state index is 12.1. The number of rotatable bonds is 6. The van der Waals surface area contributed by atoms with E-state index in [1.54, 1.807) is 6.92 Å². The number of nitrogens with one attached hydrogen (secondary N) is 1. The number of carbonyl (C=O) groups is 1. The zero-order chi connectivity index (χ0) is 14.5. The second-order valence-corrected chi connectivity index (χ2v) is 5.81. The quantitative estimate of drug-likeness (QED) is 0.843. The Morgan fingerprint density at radius 3 is 2.79 bits per heavy atom. The Morgan fingerprint density at radius 2 is 2.21 bits per heavy atom. The van der Waals surface area contributed by atoms with Crippen LogP contribution in [0.25, 0.3) is 0 Å². The number of halogens is 1. The van der Waals surface area contributed by atoms with Crippen molar-refractivity contribution in [1.29, 1.82) is 0 Å². The zero-order valence-corrected chi connectivity index (χ0v) is 12.6. The Morgan fingerprint density at radius 1 is 1.53 bits per heavy atom. The molecule has 0 aliphatic carbocycles. The lowest BCUT2D eigenvalue weighted by atomic mass is 9.95. The van der Waals surface area contributed by atoms with Gasteiger partial charge in [-0.3, -0.25) is 4.79 Å². The second kappa shape index (κ2) is 6.92. The van der Waals surface area contributed by atoms with Gasteiger partial charge in [0.15, 0.2) is 0 Å². The molecule has 0 radical (unpaired) electrons. The molecule has 0 heterocycles. The average Bonchev–Trinajstić information content (AvgIpc) is 2.28. The van der Waals surface area contributed by atoms with E-state index in [9.17, 15) is 4.79 Å². The maximum atomic E-state index is 12.1. The fraction of sp³-hybridized carbons (Fsp3) is 0.533. The molecule has 2 unspecified atom stereocenters. The molecule has 1 aromatic rings. The van der Waals surface area contributed by atoms with Gasteiger partial charge < -0.3 is 11.1 Å². The maximum Gasteiger partial charge on any atom is 0.240 e. The lowest BCUT2D eigenvalue weighted by molar-refractivity contribution is -0.126. The van der Waals surface area contributed by atoms with Crippen molar-refractivity contribution in [2.45, 2.75) is 51.6 Å². The van der Waals surface area contributed by atoms with Gasteiger partial charge in [-0.2, -0.15) is 0 Å². The molecule has 0 saturated carbocycles. The highest BCUT2D eigenvalue weighted by atomic mass is 35.5. The van der Waals surface area contributed by atoms with Crippen molar-refractivity contribution in [3.63, 3.8) is 0 Å². The number of hydrogen-bond donors (Lipinski definition) is 2. The van der Waals surface area contributed by atoms with E-state index in [1.807, 2.05) is 38.1 Å². The number of nitrogens with two attached hydrogens (primary N) is 1. The van der Waals surface area contributed by atoms with E-state index in [2.05, 4.69) is 5.32 Å². The minimum atomic E-state index is -0.794. The second-order valence-electron chi connectivity index (χ2n) is 5.38. The van der Waals surface area contributed by atoms with Crippen molar-refractivity contribution < 1.29 is 4.79 Å². The smallest absolute Gasteiger partial charge is 0.240 e. The van der Waals surface area contributed by atoms with Crippen LogP contribution in [0.5, 0.6) is 0 Å². The molecule has 2 atom stereocenters. The molecule has 0 spiro atoms. The van der Waals surface area contributed by atoms with Crippen LogP contribution in [0.15, 0.2) is 24.3 Å². The van der Waals surface area contributed by atoms with E-state index in [4.69, 9.17) is 17.3 Å². The molecule has 0 aliphatic heterocycles. The summed E-state index contributed by atoms with van der Waals surface area (Å²) in [5.41, 5.74) is 6.32. The van der Waals surface area contributed by atoms with Gasteiger partial charge in [0, 0.05) is 11.1 Å². The minimum Gasteiger partial charge on any atom is -0.352 e. The van der Waals surface area contributed by atoms with E-state index in [0.717, 1.165) is 18.4 Å². The van der Waals surface area contributed by atoms with Crippen molar-refractivity contribution >= 4 is 17.5 Å². The Hall–Kier alpha value is -1.06. The van der Waals surface area contributed by atoms with Crippen molar-refractivity contribution in [3.8, 4) is 0 Å². The fourth-order valence-electron chi connectivity index (χ4n) is 2.09. The van der Waals surface area contributed by atoms with E-state index in [-0.39, 0.29) is 11.9 Å². The van der Waals surface area contributed by atoms with Gasteiger partial charge >= 0.3 is 0 Å². The van der Waals surface area contributed by atoms with Gasteiger partial charge in [0.05, 0.1) is 5.54 Å². The van der Waals surface area contributed by atoms with Crippen LogP contribution < -0.4 is 11.1 Å². The highest BCUT2D eigenvalue weighted by Gasteiger charge is 2.27. The molecule has 3 nitrogen and oxygen atoms in total. The van der Waals surface area contributed by atoms with Crippen LogP contribution in [0.1, 0.15) is 39.2 Å². The topological polar surface area (TPSA) is 55.1 Å². The summed E-state index contributed by atoms with van der Waals surface area (Å²) in [4.78, 5) is 12.1. The van der Waals surface area contributed by atoms with Gasteiger partial charge in [0.1, 0.15) is 0 Å². The predicted molar refractivity (Wildman–Crippen MR) is 80.3 cm³/mol. The first kappa shape index (κ1) is 16.0. The number of carbonyl (C=O) groups excluding carboxylic acids is 1. The first-order chi connectivity index (χ1) is 8.85. The molecule has 106 valence electrons. The molecule has 0 aromatic heterocycles. The van der Waals surface area contributed by atoms with Gasteiger partial charge in [0.2, 0.25) is 5.91 Å². The number of amides is 1. The molecular formula is C15H23ClN2O. The molecule has 1 rings (SSSR count). The molecular weight excluding hydrogens is 260 g/mol. The monoisotopic (exact) mass is 282 g/mol. The van der Waals surface area contributed by atoms with E-state index >= 15 is 0 Å². The van der Waals surface area contributed by atoms with Crippen LogP contribution >= 0.6 is 11.6 Å². The molecule has 0 aliphatic rings. The highest BCUT2D eigenvalue weighted by molar-refractivity contribution is 6.30. The number of benzene rings is 1. The SMILES string of the molecule is CCCC(C)(N)C(=O)NC(C)Cc1cccc(Cl)c1. The largest absolute Gasteiger partial charge is 0.352 e. The zero-order valence-electron chi connectivity index (χ0n) is 11.9. The Kier molecular flexibility index (Phi) is 5.83. The third-order valence-corrected chi connectivity index (χ3v) is 3.33. The third-order valence-electron chi connectivity index (χ3n) is 3.10. The summed E-state index contributed by atoms with van der Waals surface area (Å²) in [5, 5.41) is 3.68. The molecule has 0 bridgehead atoms. The van der Waals surface area contributed by atoms with Crippen LogP contribution in [0, 0.1) is 0 Å². The van der Waals surface area contributed by atoms with Crippen molar-refractivity contribution in [3.05, 3.63) is 34.9 Å². The molecule has 4 heteroatoms. The summed E-state index contributed by atoms with van der Waals surface area (Å²) in [6.45, 7) is 5.77. The Bertz CT molecular complexity index is 432. The number of hydrogen-bond acceptors (Lipinski definition) is 2. The summed E-state index contributed by atoms with van der Waals surface area (Å²) in [6, 6.07) is 7.70. The third kappa shape index (κ3) is 5.21. The van der Waals surface area contributed by atoms with Gasteiger partial charge in [-0.15, -0.1) is 0 Å². The molecule has 0 fully saturated rings. The highest BCUT2D eigenvalue weighted by Crippen LogP contribution is 2.13. The molecule has 19 heavy (non-hydrogen) atoms. The summed E-state index contributed by atoms with van der Waals surface area (Å²) < 4.78 is 0. The van der Waals surface area contributed by atoms with Crippen LogP contribution in [0.4, 0.5) is 0 Å². The van der Waals surface area contributed by atoms with E-state index < -0.39 is 5.54 Å². The van der Waals surface area contributed by atoms with Crippen LogP contribution in [-0.4, -0.2) is 17.5 Å². The van der Waals surface area contributed by atoms with Crippen molar-refractivity contribution in [2.75, 3.05) is 0 Å². The Labute approximate surface area is 120 Å². The predicted octanol–water partition coefficient (Wildman–Crippen LogP) is 2.90. The molecule has 1 aromatic carbocycles. The van der Waals surface area contributed by atoms with Crippen LogP contribution in [0.2, 0.25) is 5.02 Å². The van der Waals surface area contributed by atoms with E-state index in [0.29, 0.717) is 11.4 Å². The van der Waals surface area contributed by atoms with Crippen LogP contribution in [-0.2, 0) is 11.2 Å². The summed E-state index contributed by atoms with van der Waals surface area (Å²) in [7, 11) is 0. The summed E-state index contributed by atoms with van der Waals surface area (Å²) >= 11 is 5.94. The molecule has 1 amide bonds. The minimum absolute atomic E-state index is 0.0331. The lowest BCUT2D eigenvalue weighted by Crippen LogP contribution is -2.53. The van der Waals surface area contributed by atoms with Gasteiger partial charge in [-0.1, -0.05) is 37.1 Å². The van der Waals surface area contributed by atoms with Gasteiger partial charge in [0.25, 0.3) is 0 Å². The standard InChI is InChI=1S/C15H23ClN2O/c1-4-8-15(3,17)14(19)18-11(2)9-12-6-5-7-13(16)10-12/h5-7,10-11H,4,8-9,17H2,1-3H3,(H,18,19). The fourth-order valence-corrected chi connectivity index (χ4v) is 2.30. The molecule has 3 N–H and O–H groups in total. The van der Waals surface area contributed by atoms with Crippen molar-refractivity contribution in [2.24, 2.45) is 5.73 Å². The van der Waals surface area contributed by atoms with Crippen LogP contribution in [0.3, 0.4) is 0 Å². The first-order valence-electron chi connectivity index (χ1n) is 6.69. The lowest BCUT2D eigenvalue weighted by Gasteiger charge is -2.25.